The third-order valence-corrected chi connectivity index (χ3v) is 14.0. The molecule has 284 valence electrons. The van der Waals surface area contributed by atoms with Crippen molar-refractivity contribution in [2.75, 3.05) is 9.80 Å². The van der Waals surface area contributed by atoms with E-state index in [1.54, 1.807) is 11.3 Å². The first-order valence-electron chi connectivity index (χ1n) is 20.4. The highest BCUT2D eigenvalue weighted by Crippen LogP contribution is 2.53. The zero-order valence-corrected chi connectivity index (χ0v) is 34.3. The Bertz CT molecular complexity index is 2880. The van der Waals surface area contributed by atoms with Gasteiger partial charge in [0.25, 0.3) is 0 Å². The number of hydrogen-bond donors (Lipinski definition) is 0. The van der Waals surface area contributed by atoms with E-state index in [1.165, 1.54) is 45.0 Å². The average molecular weight is 779 g/mol. The molecule has 2 aliphatic heterocycles. The van der Waals surface area contributed by atoms with Crippen molar-refractivity contribution >= 4 is 65.6 Å². The molecular weight excluding hydrogens is 737 g/mol. The van der Waals surface area contributed by atoms with Gasteiger partial charge < -0.3 is 9.80 Å². The highest BCUT2D eigenvalue weighted by atomic mass is 32.1. The van der Waals surface area contributed by atoms with Crippen molar-refractivity contribution in [3.63, 3.8) is 0 Å². The van der Waals surface area contributed by atoms with E-state index in [1.807, 2.05) is 0 Å². The van der Waals surface area contributed by atoms with Crippen LogP contribution in [0.4, 0.5) is 34.1 Å². The number of hydrogen-bond acceptors (Lipinski definition) is 4. The Kier molecular flexibility index (Phi) is 7.89. The molecule has 0 amide bonds. The average Bonchev–Trinajstić information content (AvgIpc) is 3.27. The summed E-state index contributed by atoms with van der Waals surface area (Å²) < 4.78 is 1.99. The van der Waals surface area contributed by atoms with Gasteiger partial charge in [-0.25, -0.2) is 0 Å². The van der Waals surface area contributed by atoms with E-state index in [2.05, 4.69) is 219 Å². The van der Waals surface area contributed by atoms with Crippen LogP contribution in [0.2, 0.25) is 0 Å². The van der Waals surface area contributed by atoms with Crippen molar-refractivity contribution in [1.82, 2.24) is 0 Å². The molecule has 0 unspecified atom stereocenters. The Morgan fingerprint density at radius 1 is 0.373 bits per heavy atom. The highest BCUT2D eigenvalue weighted by molar-refractivity contribution is 7.24. The van der Waals surface area contributed by atoms with Gasteiger partial charge in [0.1, 0.15) is 0 Å². The number of para-hydroxylation sites is 4. The van der Waals surface area contributed by atoms with E-state index >= 15 is 0 Å². The fourth-order valence-corrected chi connectivity index (χ4v) is 10.7. The van der Waals surface area contributed by atoms with Crippen molar-refractivity contribution in [2.45, 2.75) is 38.5 Å². The van der Waals surface area contributed by atoms with E-state index in [-0.39, 0.29) is 16.3 Å². The molecule has 0 radical (unpaired) electrons. The Balaban J connectivity index is 0.927. The van der Waals surface area contributed by atoms with E-state index in [0.717, 1.165) is 53.8 Å². The first kappa shape index (κ1) is 35.4. The Labute approximate surface area is 349 Å². The fourth-order valence-electron chi connectivity index (χ4n) is 9.72. The highest BCUT2D eigenvalue weighted by Gasteiger charge is 2.37. The molecule has 2 aliphatic rings. The Morgan fingerprint density at radius 2 is 0.678 bits per heavy atom. The molecule has 11 rings (SSSR count). The molecule has 0 bridgehead atoms. The Morgan fingerprint density at radius 3 is 1.02 bits per heavy atom. The molecule has 0 saturated carbocycles. The van der Waals surface area contributed by atoms with Gasteiger partial charge >= 0.3 is 0 Å². The summed E-state index contributed by atoms with van der Waals surface area (Å²) in [5.74, 6) is 0. The molecule has 59 heavy (non-hydrogen) atoms. The SMILES string of the molecule is CC1(C)c2ccccc2N(c2ccc(-c3ccc4sc5ccc(-c6ccc(N7c8ccccc8C(C)(C)c8ccccc87)cc6)cc5c(=O)c4c3)cc2)c2ccccc21. The van der Waals surface area contributed by atoms with Gasteiger partial charge in [-0.15, -0.1) is 11.3 Å². The standard InChI is InChI=1S/C55H42N2OS/c1-54(2)43-13-5-9-17-47(43)56(48-18-10-6-14-44(48)54)39-27-21-35(22-28-39)37-25-31-51-41(33-37)53(58)42-34-38(26-32-52(42)59-51)36-23-29-40(30-24-36)57-49-19-11-7-15-45(49)55(3,4)46-16-8-12-20-50(46)57/h5-34H,1-4H3. The van der Waals surface area contributed by atoms with E-state index in [0.29, 0.717) is 0 Å². The molecule has 9 aromatic rings. The molecule has 4 heteroatoms. The second-order valence-electron chi connectivity index (χ2n) is 16.9. The lowest BCUT2D eigenvalue weighted by atomic mass is 9.73. The second-order valence-corrected chi connectivity index (χ2v) is 18.0. The number of nitrogens with zero attached hydrogens (tertiary/aromatic N) is 2. The van der Waals surface area contributed by atoms with Crippen molar-refractivity contribution in [2.24, 2.45) is 0 Å². The fraction of sp³-hybridized carbons (Fsp3) is 0.109. The van der Waals surface area contributed by atoms with Crippen LogP contribution >= 0.6 is 11.3 Å². The summed E-state index contributed by atoms with van der Waals surface area (Å²) in [7, 11) is 0. The molecule has 3 nitrogen and oxygen atoms in total. The summed E-state index contributed by atoms with van der Waals surface area (Å²) in [4.78, 5) is 19.1. The van der Waals surface area contributed by atoms with Crippen LogP contribution < -0.4 is 15.2 Å². The largest absolute Gasteiger partial charge is 0.310 e. The van der Waals surface area contributed by atoms with Crippen LogP contribution in [-0.2, 0) is 10.8 Å². The molecule has 0 saturated heterocycles. The number of anilines is 6. The number of rotatable bonds is 4. The summed E-state index contributed by atoms with van der Waals surface area (Å²) in [5.41, 5.74) is 16.4. The molecule has 0 fully saturated rings. The van der Waals surface area contributed by atoms with Gasteiger partial charge in [0.15, 0.2) is 5.43 Å². The zero-order chi connectivity index (χ0) is 40.0. The minimum Gasteiger partial charge on any atom is -0.310 e. The maximum Gasteiger partial charge on any atom is 0.195 e. The quantitative estimate of drug-likeness (QED) is 0.166. The summed E-state index contributed by atoms with van der Waals surface area (Å²) in [6.45, 7) is 9.25. The van der Waals surface area contributed by atoms with Crippen LogP contribution in [0.1, 0.15) is 49.9 Å². The summed E-state index contributed by atoms with van der Waals surface area (Å²) >= 11 is 1.68. The van der Waals surface area contributed by atoms with Crippen molar-refractivity contribution in [1.29, 1.82) is 0 Å². The molecule has 0 spiro atoms. The third-order valence-electron chi connectivity index (χ3n) is 12.9. The van der Waals surface area contributed by atoms with Crippen molar-refractivity contribution in [3.8, 4) is 22.3 Å². The molecule has 3 heterocycles. The monoisotopic (exact) mass is 778 g/mol. The second kappa shape index (κ2) is 13.1. The lowest BCUT2D eigenvalue weighted by Gasteiger charge is -2.42. The lowest BCUT2D eigenvalue weighted by molar-refractivity contribution is 0.632. The van der Waals surface area contributed by atoms with Crippen LogP contribution in [0.25, 0.3) is 42.4 Å². The van der Waals surface area contributed by atoms with Gasteiger partial charge in [-0.2, -0.15) is 0 Å². The van der Waals surface area contributed by atoms with Crippen LogP contribution in [0.15, 0.2) is 187 Å². The lowest BCUT2D eigenvalue weighted by Crippen LogP contribution is -2.30. The minimum absolute atomic E-state index is 0.0685. The normalized spacial score (nSPS) is 14.7. The van der Waals surface area contributed by atoms with Gasteiger partial charge in [0.05, 0.1) is 22.7 Å². The number of fused-ring (bicyclic) bond motifs is 6. The Hall–Kier alpha value is -6.75. The van der Waals surface area contributed by atoms with Gasteiger partial charge in [0.2, 0.25) is 0 Å². The van der Waals surface area contributed by atoms with E-state index < -0.39 is 0 Å². The predicted octanol–water partition coefficient (Wildman–Crippen LogP) is 15.0. The predicted molar refractivity (Wildman–Crippen MR) is 250 cm³/mol. The molecule has 0 aliphatic carbocycles. The van der Waals surface area contributed by atoms with Crippen LogP contribution in [0, 0.1) is 0 Å². The zero-order valence-electron chi connectivity index (χ0n) is 33.5. The van der Waals surface area contributed by atoms with Crippen LogP contribution in [-0.4, -0.2) is 0 Å². The number of benzene rings is 8. The van der Waals surface area contributed by atoms with Gasteiger partial charge in [-0.1, -0.05) is 137 Å². The third kappa shape index (κ3) is 5.43. The van der Waals surface area contributed by atoms with Gasteiger partial charge in [-0.05, 0) is 117 Å². The maximum atomic E-state index is 14.3. The summed E-state index contributed by atoms with van der Waals surface area (Å²) in [6.07, 6.45) is 0. The van der Waals surface area contributed by atoms with E-state index in [4.69, 9.17) is 0 Å². The van der Waals surface area contributed by atoms with Gasteiger partial charge in [0, 0.05) is 42.4 Å². The van der Waals surface area contributed by atoms with Crippen molar-refractivity contribution in [3.05, 3.63) is 214 Å². The van der Waals surface area contributed by atoms with Crippen LogP contribution in [0.3, 0.4) is 0 Å². The molecule has 0 N–H and O–H groups in total. The molecule has 0 atom stereocenters. The molecule has 1 aromatic heterocycles. The summed E-state index contributed by atoms with van der Waals surface area (Å²) in [5, 5.41) is 1.51. The molecule has 8 aromatic carbocycles. The maximum absolute atomic E-state index is 14.3. The van der Waals surface area contributed by atoms with Gasteiger partial charge in [-0.3, -0.25) is 4.79 Å². The first-order chi connectivity index (χ1) is 28.7. The topological polar surface area (TPSA) is 23.6 Å². The molecular formula is C55H42N2OS. The van der Waals surface area contributed by atoms with Crippen molar-refractivity contribution < 1.29 is 0 Å². The van der Waals surface area contributed by atoms with E-state index in [9.17, 15) is 4.79 Å². The first-order valence-corrected chi connectivity index (χ1v) is 21.2. The summed E-state index contributed by atoms with van der Waals surface area (Å²) in [6, 6.07) is 65.1. The smallest absolute Gasteiger partial charge is 0.195 e. The van der Waals surface area contributed by atoms with Crippen LogP contribution in [0.5, 0.6) is 0 Å². The minimum atomic E-state index is -0.104.